The molecule has 82 valence electrons. The van der Waals surface area contributed by atoms with E-state index in [0.29, 0.717) is 18.2 Å². The maximum absolute atomic E-state index is 8.89. The second-order valence-electron chi connectivity index (χ2n) is 3.23. The van der Waals surface area contributed by atoms with E-state index in [2.05, 4.69) is 20.3 Å². The van der Waals surface area contributed by atoms with Crippen molar-refractivity contribution >= 4 is 5.82 Å². The fourth-order valence-corrected chi connectivity index (χ4v) is 1.27. The van der Waals surface area contributed by atoms with Crippen LogP contribution in [0.2, 0.25) is 0 Å². The first-order valence-corrected chi connectivity index (χ1v) is 4.94. The van der Waals surface area contributed by atoms with Crippen LogP contribution in [0.5, 0.6) is 0 Å². The van der Waals surface area contributed by atoms with Crippen molar-refractivity contribution in [3.63, 3.8) is 0 Å². The highest BCUT2D eigenvalue weighted by Crippen LogP contribution is 2.05. The number of pyridine rings is 1. The third kappa shape index (κ3) is 2.74. The van der Waals surface area contributed by atoms with Crippen LogP contribution in [0, 0.1) is 0 Å². The van der Waals surface area contributed by atoms with Crippen LogP contribution in [-0.4, -0.2) is 20.1 Å². The third-order valence-electron chi connectivity index (χ3n) is 2.07. The lowest BCUT2D eigenvalue weighted by Crippen LogP contribution is -2.04. The molecule has 2 aromatic rings. The Hall–Kier alpha value is -2.01. The summed E-state index contributed by atoms with van der Waals surface area (Å²) in [7, 11) is 0. The molecule has 2 rings (SSSR count). The monoisotopic (exact) mass is 216 g/mol. The van der Waals surface area contributed by atoms with E-state index in [9.17, 15) is 0 Å². The lowest BCUT2D eigenvalue weighted by molar-refractivity contribution is 0.271. The van der Waals surface area contributed by atoms with Gasteiger partial charge in [0, 0.05) is 25.1 Å². The van der Waals surface area contributed by atoms with Gasteiger partial charge in [0.1, 0.15) is 12.4 Å². The molecule has 0 atom stereocenters. The van der Waals surface area contributed by atoms with Gasteiger partial charge in [0.25, 0.3) is 0 Å². The first kappa shape index (κ1) is 10.5. The number of nitrogens with one attached hydrogen (secondary N) is 1. The predicted molar refractivity (Wildman–Crippen MR) is 59.5 cm³/mol. The van der Waals surface area contributed by atoms with E-state index in [1.165, 1.54) is 0 Å². The van der Waals surface area contributed by atoms with Crippen LogP contribution < -0.4 is 5.32 Å². The van der Waals surface area contributed by atoms with Gasteiger partial charge in [0.15, 0.2) is 5.82 Å². The van der Waals surface area contributed by atoms with E-state index in [1.54, 1.807) is 24.7 Å². The molecule has 0 bridgehead atoms. The van der Waals surface area contributed by atoms with Crippen molar-refractivity contribution in [2.45, 2.75) is 13.2 Å². The van der Waals surface area contributed by atoms with Crippen LogP contribution in [0.4, 0.5) is 5.82 Å². The summed E-state index contributed by atoms with van der Waals surface area (Å²) in [4.78, 5) is 12.0. The van der Waals surface area contributed by atoms with Gasteiger partial charge in [-0.2, -0.15) is 0 Å². The highest BCUT2D eigenvalue weighted by Gasteiger charge is 1.97. The van der Waals surface area contributed by atoms with Gasteiger partial charge in [-0.15, -0.1) is 0 Å². The van der Waals surface area contributed by atoms with Crippen molar-refractivity contribution in [1.82, 2.24) is 15.0 Å². The van der Waals surface area contributed by atoms with Crippen molar-refractivity contribution in [1.29, 1.82) is 0 Å². The SMILES string of the molecule is OCc1nccc(NCc2ccncc2)n1. The van der Waals surface area contributed by atoms with Crippen molar-refractivity contribution in [2.75, 3.05) is 5.32 Å². The molecule has 5 heteroatoms. The molecule has 2 N–H and O–H groups in total. The molecule has 5 nitrogen and oxygen atoms in total. The molecule has 0 aliphatic carbocycles. The summed E-state index contributed by atoms with van der Waals surface area (Å²) in [6.45, 7) is 0.523. The molecule has 2 heterocycles. The van der Waals surface area contributed by atoms with Crippen molar-refractivity contribution < 1.29 is 5.11 Å². The molecule has 0 amide bonds. The molecule has 2 aromatic heterocycles. The molecule has 0 unspecified atom stereocenters. The summed E-state index contributed by atoms with van der Waals surface area (Å²) in [6.07, 6.45) is 5.11. The molecule has 0 fully saturated rings. The lowest BCUT2D eigenvalue weighted by atomic mass is 10.3. The Labute approximate surface area is 93.2 Å². The topological polar surface area (TPSA) is 70.9 Å². The zero-order chi connectivity index (χ0) is 11.2. The minimum absolute atomic E-state index is 0.148. The minimum Gasteiger partial charge on any atom is -0.388 e. The van der Waals surface area contributed by atoms with E-state index in [-0.39, 0.29) is 6.61 Å². The Balaban J connectivity index is 1.99. The molecule has 0 radical (unpaired) electrons. The zero-order valence-electron chi connectivity index (χ0n) is 8.67. The molecular weight excluding hydrogens is 204 g/mol. The van der Waals surface area contributed by atoms with Gasteiger partial charge >= 0.3 is 0 Å². The molecule has 0 saturated carbocycles. The number of nitrogens with zero attached hydrogens (tertiary/aromatic N) is 3. The third-order valence-corrected chi connectivity index (χ3v) is 2.07. The summed E-state index contributed by atoms with van der Waals surface area (Å²) >= 11 is 0. The van der Waals surface area contributed by atoms with E-state index >= 15 is 0 Å². The van der Waals surface area contributed by atoms with Crippen LogP contribution in [0.25, 0.3) is 0 Å². The highest BCUT2D eigenvalue weighted by molar-refractivity contribution is 5.34. The second-order valence-corrected chi connectivity index (χ2v) is 3.23. The number of aromatic nitrogens is 3. The summed E-state index contributed by atoms with van der Waals surface area (Å²) in [6, 6.07) is 5.63. The summed E-state index contributed by atoms with van der Waals surface area (Å²) < 4.78 is 0. The van der Waals surface area contributed by atoms with Crippen LogP contribution in [0.3, 0.4) is 0 Å². The molecule has 0 saturated heterocycles. The molecule has 0 spiro atoms. The number of rotatable bonds is 4. The Kier molecular flexibility index (Phi) is 3.40. The van der Waals surface area contributed by atoms with Crippen LogP contribution in [0.15, 0.2) is 36.8 Å². The quantitative estimate of drug-likeness (QED) is 0.797. The molecule has 16 heavy (non-hydrogen) atoms. The van der Waals surface area contributed by atoms with Crippen LogP contribution in [0.1, 0.15) is 11.4 Å². The van der Waals surface area contributed by atoms with E-state index in [4.69, 9.17) is 5.11 Å². The minimum atomic E-state index is -0.148. The van der Waals surface area contributed by atoms with E-state index in [1.807, 2.05) is 12.1 Å². The smallest absolute Gasteiger partial charge is 0.156 e. The van der Waals surface area contributed by atoms with Gasteiger partial charge in [-0.05, 0) is 23.8 Å². The largest absolute Gasteiger partial charge is 0.388 e. The highest BCUT2D eigenvalue weighted by atomic mass is 16.3. The maximum atomic E-state index is 8.89. The van der Waals surface area contributed by atoms with Gasteiger partial charge < -0.3 is 10.4 Å². The number of aliphatic hydroxyl groups is 1. The summed E-state index contributed by atoms with van der Waals surface area (Å²) in [5, 5.41) is 12.0. The summed E-state index contributed by atoms with van der Waals surface area (Å²) in [5.74, 6) is 1.12. The normalized spacial score (nSPS) is 10.1. The Morgan fingerprint density at radius 3 is 2.69 bits per heavy atom. The number of anilines is 1. The average Bonchev–Trinajstić information content (AvgIpc) is 2.38. The Bertz CT molecular complexity index is 447. The average molecular weight is 216 g/mol. The Morgan fingerprint density at radius 1 is 1.12 bits per heavy atom. The molecule has 0 aliphatic heterocycles. The van der Waals surface area contributed by atoms with Crippen molar-refractivity contribution in [2.24, 2.45) is 0 Å². The van der Waals surface area contributed by atoms with Crippen LogP contribution in [-0.2, 0) is 13.2 Å². The Morgan fingerprint density at radius 2 is 1.94 bits per heavy atom. The standard InChI is InChI=1S/C11H12N4O/c16-8-11-13-6-3-10(15-11)14-7-9-1-4-12-5-2-9/h1-6,16H,7-8H2,(H,13,14,15). The molecule has 0 aromatic carbocycles. The number of hydrogen-bond donors (Lipinski definition) is 2. The number of aliphatic hydroxyl groups excluding tert-OH is 1. The zero-order valence-corrected chi connectivity index (χ0v) is 8.67. The lowest BCUT2D eigenvalue weighted by Gasteiger charge is -2.05. The van der Waals surface area contributed by atoms with Gasteiger partial charge in [0.05, 0.1) is 0 Å². The van der Waals surface area contributed by atoms with Gasteiger partial charge in [-0.25, -0.2) is 9.97 Å². The van der Waals surface area contributed by atoms with Crippen LogP contribution >= 0.6 is 0 Å². The predicted octanol–water partition coefficient (Wildman–Crippen LogP) is 0.976. The summed E-state index contributed by atoms with van der Waals surface area (Å²) in [5.41, 5.74) is 1.12. The fraction of sp³-hybridized carbons (Fsp3) is 0.182. The fourth-order valence-electron chi connectivity index (χ4n) is 1.27. The second kappa shape index (κ2) is 5.18. The first-order valence-electron chi connectivity index (χ1n) is 4.94. The van der Waals surface area contributed by atoms with E-state index < -0.39 is 0 Å². The molecule has 0 aliphatic rings. The van der Waals surface area contributed by atoms with Gasteiger partial charge in [-0.1, -0.05) is 0 Å². The number of hydrogen-bond acceptors (Lipinski definition) is 5. The van der Waals surface area contributed by atoms with Gasteiger partial charge in [0.2, 0.25) is 0 Å². The maximum Gasteiger partial charge on any atom is 0.156 e. The first-order chi connectivity index (χ1) is 7.88. The van der Waals surface area contributed by atoms with Crippen molar-refractivity contribution in [3.05, 3.63) is 48.2 Å². The van der Waals surface area contributed by atoms with E-state index in [0.717, 1.165) is 5.56 Å². The molecular formula is C11H12N4O. The van der Waals surface area contributed by atoms with Crippen molar-refractivity contribution in [3.8, 4) is 0 Å². The van der Waals surface area contributed by atoms with Gasteiger partial charge in [-0.3, -0.25) is 4.98 Å².